The number of thioether (sulfide) groups is 1. The van der Waals surface area contributed by atoms with Crippen LogP contribution in [0.3, 0.4) is 0 Å². The molecule has 0 aliphatic rings. The smallest absolute Gasteiger partial charge is 0.407 e. The molecule has 41 heavy (non-hydrogen) atoms. The van der Waals surface area contributed by atoms with E-state index in [1.165, 1.54) is 6.08 Å². The highest BCUT2D eigenvalue weighted by Gasteiger charge is 2.25. The van der Waals surface area contributed by atoms with Crippen molar-refractivity contribution < 1.29 is 26.9 Å². The van der Waals surface area contributed by atoms with E-state index >= 15 is 0 Å². The highest BCUT2D eigenvalue weighted by Crippen LogP contribution is 2.26. The first-order chi connectivity index (χ1) is 19.5. The standard InChI is InChI=1S/C32H39NO6S2/c1-32(2,3)24-39-41(35,36)20-19-29(33-31(34)38-22-26-13-9-6-10-14-26)30(21-25-11-7-5-8-12-25)40-23-27-15-17-28(37-4)18-16-27/h5-20,29-30H,21-24H2,1-4H3,(H,33,34)/b20-19+. The molecule has 2 atom stereocenters. The molecule has 0 aliphatic heterocycles. The third-order valence-corrected chi connectivity index (χ3v) is 8.23. The van der Waals surface area contributed by atoms with E-state index in [1.54, 1.807) is 18.9 Å². The fraction of sp³-hybridized carbons (Fsp3) is 0.344. The highest BCUT2D eigenvalue weighted by atomic mass is 32.2. The van der Waals surface area contributed by atoms with E-state index in [4.69, 9.17) is 13.7 Å². The van der Waals surface area contributed by atoms with Crippen LogP contribution >= 0.6 is 11.8 Å². The first-order valence-corrected chi connectivity index (χ1v) is 15.9. The zero-order valence-corrected chi connectivity index (χ0v) is 25.6. The van der Waals surface area contributed by atoms with Gasteiger partial charge < -0.3 is 14.8 Å². The van der Waals surface area contributed by atoms with Crippen molar-refractivity contribution in [3.8, 4) is 5.75 Å². The van der Waals surface area contributed by atoms with Crippen LogP contribution in [0.1, 0.15) is 37.5 Å². The molecule has 3 rings (SSSR count). The van der Waals surface area contributed by atoms with Gasteiger partial charge in [-0.25, -0.2) is 4.79 Å². The number of methoxy groups -OCH3 is 1. The topological polar surface area (TPSA) is 90.9 Å². The summed E-state index contributed by atoms with van der Waals surface area (Å²) in [7, 11) is -2.35. The van der Waals surface area contributed by atoms with Crippen LogP contribution in [0, 0.1) is 5.41 Å². The van der Waals surface area contributed by atoms with Gasteiger partial charge in [0, 0.05) is 11.0 Å². The van der Waals surface area contributed by atoms with Gasteiger partial charge in [0.05, 0.1) is 25.2 Å². The summed E-state index contributed by atoms with van der Waals surface area (Å²) in [6.07, 6.45) is 1.43. The van der Waals surface area contributed by atoms with Crippen LogP contribution in [0.5, 0.6) is 5.75 Å². The number of ether oxygens (including phenoxy) is 2. The Bertz CT molecular complexity index is 1340. The molecular weight excluding hydrogens is 558 g/mol. The van der Waals surface area contributed by atoms with E-state index < -0.39 is 22.3 Å². The summed E-state index contributed by atoms with van der Waals surface area (Å²) in [4.78, 5) is 12.9. The maximum Gasteiger partial charge on any atom is 0.407 e. The Kier molecular flexibility index (Phi) is 12.3. The lowest BCUT2D eigenvalue weighted by Gasteiger charge is -2.26. The van der Waals surface area contributed by atoms with Crippen molar-refractivity contribution >= 4 is 28.0 Å². The second kappa shape index (κ2) is 15.7. The van der Waals surface area contributed by atoms with Gasteiger partial charge in [0.25, 0.3) is 10.1 Å². The minimum absolute atomic E-state index is 0.0382. The Morgan fingerprint density at radius 3 is 2.10 bits per heavy atom. The van der Waals surface area contributed by atoms with Gasteiger partial charge in [0.15, 0.2) is 0 Å². The van der Waals surface area contributed by atoms with Crippen LogP contribution in [0.2, 0.25) is 0 Å². The van der Waals surface area contributed by atoms with E-state index in [1.807, 2.05) is 106 Å². The predicted molar refractivity (Wildman–Crippen MR) is 165 cm³/mol. The van der Waals surface area contributed by atoms with Crippen LogP contribution in [0.25, 0.3) is 0 Å². The molecular formula is C32H39NO6S2. The number of amides is 1. The fourth-order valence-corrected chi connectivity index (χ4v) is 5.94. The first kappa shape index (κ1) is 32.2. The van der Waals surface area contributed by atoms with Crippen molar-refractivity contribution in [2.75, 3.05) is 13.7 Å². The zero-order chi connectivity index (χ0) is 29.7. The Labute approximate surface area is 248 Å². The largest absolute Gasteiger partial charge is 0.497 e. The lowest BCUT2D eigenvalue weighted by Crippen LogP contribution is -2.42. The van der Waals surface area contributed by atoms with Crippen LogP contribution in [-0.2, 0) is 37.8 Å². The molecule has 0 aromatic heterocycles. The number of hydrogen-bond acceptors (Lipinski definition) is 7. The van der Waals surface area contributed by atoms with Crippen LogP contribution in [-0.4, -0.2) is 39.5 Å². The Morgan fingerprint density at radius 2 is 1.51 bits per heavy atom. The van der Waals surface area contributed by atoms with Crippen molar-refractivity contribution in [3.05, 3.63) is 113 Å². The normalized spacial score (nSPS) is 13.5. The van der Waals surface area contributed by atoms with Crippen molar-refractivity contribution in [2.45, 2.75) is 50.8 Å². The van der Waals surface area contributed by atoms with Gasteiger partial charge in [-0.1, -0.05) is 93.6 Å². The van der Waals surface area contributed by atoms with Gasteiger partial charge in [-0.15, -0.1) is 0 Å². The zero-order valence-electron chi connectivity index (χ0n) is 24.0. The van der Waals surface area contributed by atoms with Crippen LogP contribution < -0.4 is 10.1 Å². The Morgan fingerprint density at radius 1 is 0.902 bits per heavy atom. The number of alkyl carbamates (subject to hydrolysis) is 1. The maximum absolute atomic E-state index is 12.9. The molecule has 3 aromatic carbocycles. The molecule has 0 bridgehead atoms. The fourth-order valence-electron chi connectivity index (χ4n) is 3.71. The van der Waals surface area contributed by atoms with Crippen molar-refractivity contribution in [1.29, 1.82) is 0 Å². The lowest BCUT2D eigenvalue weighted by atomic mass is 9.99. The summed E-state index contributed by atoms with van der Waals surface area (Å²) in [6, 6.07) is 26.4. The van der Waals surface area contributed by atoms with Crippen molar-refractivity contribution in [2.24, 2.45) is 5.41 Å². The predicted octanol–water partition coefficient (Wildman–Crippen LogP) is 6.74. The van der Waals surface area contributed by atoms with Crippen molar-refractivity contribution in [3.63, 3.8) is 0 Å². The monoisotopic (exact) mass is 597 g/mol. The summed E-state index contributed by atoms with van der Waals surface area (Å²) < 4.78 is 41.4. The number of carbonyl (C=O) groups is 1. The molecule has 1 amide bonds. The molecule has 0 radical (unpaired) electrons. The van der Waals surface area contributed by atoms with Gasteiger partial charge >= 0.3 is 6.09 Å². The molecule has 0 fully saturated rings. The third-order valence-electron chi connectivity index (χ3n) is 5.91. The van der Waals surface area contributed by atoms with Crippen molar-refractivity contribution in [1.82, 2.24) is 5.32 Å². The number of hydrogen-bond donors (Lipinski definition) is 1. The van der Waals surface area contributed by atoms with E-state index in [-0.39, 0.29) is 23.9 Å². The number of rotatable bonds is 14. The minimum atomic E-state index is -3.98. The molecule has 1 N–H and O–H groups in total. The molecule has 2 unspecified atom stereocenters. The van der Waals surface area contributed by atoms with E-state index in [2.05, 4.69) is 5.32 Å². The molecule has 220 valence electrons. The summed E-state index contributed by atoms with van der Waals surface area (Å²) in [5.41, 5.74) is 2.65. The molecule has 0 saturated heterocycles. The number of nitrogens with one attached hydrogen (secondary N) is 1. The molecule has 0 saturated carbocycles. The highest BCUT2D eigenvalue weighted by molar-refractivity contribution is 7.99. The molecule has 7 nitrogen and oxygen atoms in total. The Balaban J connectivity index is 1.84. The van der Waals surface area contributed by atoms with Crippen LogP contribution in [0.4, 0.5) is 4.79 Å². The van der Waals surface area contributed by atoms with E-state index in [9.17, 15) is 13.2 Å². The Hall–Kier alpha value is -3.27. The van der Waals surface area contributed by atoms with Crippen LogP contribution in [0.15, 0.2) is 96.4 Å². The molecule has 0 heterocycles. The quantitative estimate of drug-likeness (QED) is 0.206. The van der Waals surface area contributed by atoms with E-state index in [0.717, 1.165) is 27.8 Å². The summed E-state index contributed by atoms with van der Waals surface area (Å²) in [6.45, 7) is 5.82. The van der Waals surface area contributed by atoms with E-state index in [0.29, 0.717) is 12.2 Å². The average Bonchev–Trinajstić information content (AvgIpc) is 2.96. The van der Waals surface area contributed by atoms with Gasteiger partial charge in [-0.3, -0.25) is 4.18 Å². The lowest BCUT2D eigenvalue weighted by molar-refractivity contribution is 0.137. The molecule has 0 aliphatic carbocycles. The average molecular weight is 598 g/mol. The van der Waals surface area contributed by atoms with Gasteiger partial charge in [0.1, 0.15) is 12.4 Å². The molecule has 9 heteroatoms. The number of carbonyl (C=O) groups excluding carboxylic acids is 1. The third kappa shape index (κ3) is 12.4. The summed E-state index contributed by atoms with van der Waals surface area (Å²) in [5.74, 6) is 1.41. The van der Waals surface area contributed by atoms with Gasteiger partial charge in [0.2, 0.25) is 0 Å². The first-order valence-electron chi connectivity index (χ1n) is 13.4. The summed E-state index contributed by atoms with van der Waals surface area (Å²) >= 11 is 1.62. The summed E-state index contributed by atoms with van der Waals surface area (Å²) in [5, 5.41) is 3.71. The molecule has 3 aromatic rings. The maximum atomic E-state index is 12.9. The molecule has 0 spiro atoms. The number of benzene rings is 3. The second-order valence-corrected chi connectivity index (χ2v) is 13.5. The SMILES string of the molecule is COc1ccc(CSC(Cc2ccccc2)C(/C=C/S(=O)(=O)OCC(C)(C)C)NC(=O)OCc2ccccc2)cc1. The van der Waals surface area contributed by atoms with Gasteiger partial charge in [-0.05, 0) is 46.7 Å². The second-order valence-electron chi connectivity index (χ2n) is 10.8. The minimum Gasteiger partial charge on any atom is -0.497 e. The van der Waals surface area contributed by atoms with Gasteiger partial charge in [-0.2, -0.15) is 20.2 Å².